The average molecular weight is 328 g/mol. The van der Waals surface area contributed by atoms with Crippen LogP contribution in [0.5, 0.6) is 0 Å². The van der Waals surface area contributed by atoms with Crippen molar-refractivity contribution in [2.75, 3.05) is 20.3 Å². The fourth-order valence-electron chi connectivity index (χ4n) is 3.22. The van der Waals surface area contributed by atoms with Crippen molar-refractivity contribution in [2.24, 2.45) is 5.92 Å². The van der Waals surface area contributed by atoms with E-state index < -0.39 is 0 Å². The summed E-state index contributed by atoms with van der Waals surface area (Å²) in [6.45, 7) is 1.94. The maximum absolute atomic E-state index is 12.8. The van der Waals surface area contributed by atoms with Crippen LogP contribution in [0.25, 0.3) is 0 Å². The van der Waals surface area contributed by atoms with E-state index in [1.54, 1.807) is 24.3 Å². The van der Waals surface area contributed by atoms with Gasteiger partial charge in [-0.25, -0.2) is 14.6 Å². The van der Waals surface area contributed by atoms with Gasteiger partial charge in [0.05, 0.1) is 12.3 Å². The summed E-state index contributed by atoms with van der Waals surface area (Å²) in [7, 11) is 1.64. The highest BCUT2D eigenvalue weighted by Crippen LogP contribution is 2.33. The Morgan fingerprint density at radius 2 is 2.29 bits per heavy atom. The van der Waals surface area contributed by atoms with E-state index in [4.69, 9.17) is 4.74 Å². The molecule has 8 nitrogen and oxygen atoms in total. The van der Waals surface area contributed by atoms with Gasteiger partial charge in [-0.15, -0.1) is 5.10 Å². The van der Waals surface area contributed by atoms with Gasteiger partial charge in [0.1, 0.15) is 23.8 Å². The van der Waals surface area contributed by atoms with E-state index in [2.05, 4.69) is 20.3 Å². The SMILES string of the molecule is COC[C@H]1c2nnn(CC3CC3)c2CCN1C(=O)c1ccncn1. The van der Waals surface area contributed by atoms with Gasteiger partial charge in [0.25, 0.3) is 5.91 Å². The molecule has 1 aliphatic heterocycles. The van der Waals surface area contributed by atoms with Crippen LogP contribution in [0, 0.1) is 5.92 Å². The molecule has 0 N–H and O–H groups in total. The van der Waals surface area contributed by atoms with Crippen LogP contribution in [0.1, 0.15) is 40.8 Å². The zero-order chi connectivity index (χ0) is 16.5. The zero-order valence-corrected chi connectivity index (χ0v) is 13.6. The number of aromatic nitrogens is 5. The van der Waals surface area contributed by atoms with Crippen molar-refractivity contribution in [3.05, 3.63) is 35.7 Å². The second kappa shape index (κ2) is 6.27. The maximum atomic E-state index is 12.8. The molecule has 2 aliphatic rings. The Hall–Kier alpha value is -2.35. The second-order valence-electron chi connectivity index (χ2n) is 6.36. The molecule has 3 heterocycles. The van der Waals surface area contributed by atoms with Gasteiger partial charge in [-0.05, 0) is 24.8 Å². The number of hydrogen-bond donors (Lipinski definition) is 0. The van der Waals surface area contributed by atoms with Gasteiger partial charge in [-0.2, -0.15) is 0 Å². The predicted octanol–water partition coefficient (Wildman–Crippen LogP) is 0.864. The Kier molecular flexibility index (Phi) is 3.97. The number of fused-ring (bicyclic) bond motifs is 1. The lowest BCUT2D eigenvalue weighted by Gasteiger charge is -2.34. The number of carbonyl (C=O) groups excluding carboxylic acids is 1. The maximum Gasteiger partial charge on any atom is 0.273 e. The number of ether oxygens (including phenoxy) is 1. The zero-order valence-electron chi connectivity index (χ0n) is 13.6. The van der Waals surface area contributed by atoms with Crippen LogP contribution in [-0.4, -0.2) is 56.0 Å². The van der Waals surface area contributed by atoms with Gasteiger partial charge in [0.15, 0.2) is 0 Å². The molecule has 1 amide bonds. The first-order valence-corrected chi connectivity index (χ1v) is 8.26. The lowest BCUT2D eigenvalue weighted by Crippen LogP contribution is -2.42. The molecule has 8 heteroatoms. The van der Waals surface area contributed by atoms with Crippen LogP contribution in [-0.2, 0) is 17.7 Å². The fourth-order valence-corrected chi connectivity index (χ4v) is 3.22. The van der Waals surface area contributed by atoms with Crippen LogP contribution < -0.4 is 0 Å². The Morgan fingerprint density at radius 1 is 1.42 bits per heavy atom. The van der Waals surface area contributed by atoms with E-state index >= 15 is 0 Å². The van der Waals surface area contributed by atoms with E-state index in [1.807, 2.05) is 4.68 Å². The van der Waals surface area contributed by atoms with E-state index in [-0.39, 0.29) is 11.9 Å². The third-order valence-corrected chi connectivity index (χ3v) is 4.66. The topological polar surface area (TPSA) is 86.0 Å². The van der Waals surface area contributed by atoms with Crippen LogP contribution in [0.4, 0.5) is 0 Å². The smallest absolute Gasteiger partial charge is 0.273 e. The number of carbonyl (C=O) groups is 1. The summed E-state index contributed by atoms with van der Waals surface area (Å²) in [6, 6.07) is 1.40. The van der Waals surface area contributed by atoms with E-state index in [9.17, 15) is 4.79 Å². The highest BCUT2D eigenvalue weighted by atomic mass is 16.5. The Bertz CT molecular complexity index is 727. The van der Waals surface area contributed by atoms with Gasteiger partial charge in [-0.3, -0.25) is 4.79 Å². The average Bonchev–Trinajstić information content (AvgIpc) is 3.34. The van der Waals surface area contributed by atoms with Crippen molar-refractivity contribution < 1.29 is 9.53 Å². The minimum absolute atomic E-state index is 0.123. The van der Waals surface area contributed by atoms with Crippen molar-refractivity contribution >= 4 is 5.91 Å². The van der Waals surface area contributed by atoms with Gasteiger partial charge >= 0.3 is 0 Å². The van der Waals surface area contributed by atoms with Gasteiger partial charge in [-0.1, -0.05) is 5.21 Å². The molecule has 126 valence electrons. The van der Waals surface area contributed by atoms with Crippen LogP contribution in [0.2, 0.25) is 0 Å². The van der Waals surface area contributed by atoms with E-state index in [1.165, 1.54) is 19.2 Å². The van der Waals surface area contributed by atoms with Gasteiger partial charge < -0.3 is 9.64 Å². The van der Waals surface area contributed by atoms with Crippen LogP contribution in [0.15, 0.2) is 18.6 Å². The minimum Gasteiger partial charge on any atom is -0.382 e. The fraction of sp³-hybridized carbons (Fsp3) is 0.562. The third kappa shape index (κ3) is 2.77. The van der Waals surface area contributed by atoms with Crippen molar-refractivity contribution in [3.63, 3.8) is 0 Å². The molecule has 0 radical (unpaired) electrons. The molecule has 0 spiro atoms. The number of methoxy groups -OCH3 is 1. The molecule has 24 heavy (non-hydrogen) atoms. The molecule has 1 aliphatic carbocycles. The van der Waals surface area contributed by atoms with Crippen molar-refractivity contribution in [1.82, 2.24) is 29.9 Å². The number of hydrogen-bond acceptors (Lipinski definition) is 6. The van der Waals surface area contributed by atoms with E-state index in [0.29, 0.717) is 18.8 Å². The summed E-state index contributed by atoms with van der Waals surface area (Å²) in [4.78, 5) is 22.5. The van der Waals surface area contributed by atoms with Gasteiger partial charge in [0, 0.05) is 32.8 Å². The Labute approximate surface area is 139 Å². The number of rotatable bonds is 5. The Morgan fingerprint density at radius 3 is 3.00 bits per heavy atom. The highest BCUT2D eigenvalue weighted by molar-refractivity contribution is 5.92. The molecule has 2 aromatic rings. The molecule has 2 aromatic heterocycles. The molecule has 0 saturated heterocycles. The molecule has 1 saturated carbocycles. The van der Waals surface area contributed by atoms with Crippen LogP contribution >= 0.6 is 0 Å². The molecule has 0 bridgehead atoms. The largest absolute Gasteiger partial charge is 0.382 e. The Balaban J connectivity index is 1.62. The molecule has 4 rings (SSSR count). The molecule has 0 unspecified atom stereocenters. The molecule has 1 atom stereocenters. The van der Waals surface area contributed by atoms with Gasteiger partial charge in [0.2, 0.25) is 0 Å². The first-order valence-electron chi connectivity index (χ1n) is 8.26. The second-order valence-corrected chi connectivity index (χ2v) is 6.36. The van der Waals surface area contributed by atoms with Crippen molar-refractivity contribution in [3.8, 4) is 0 Å². The minimum atomic E-state index is -0.228. The first-order chi connectivity index (χ1) is 11.8. The summed E-state index contributed by atoms with van der Waals surface area (Å²) in [5.74, 6) is 0.610. The van der Waals surface area contributed by atoms with Crippen molar-refractivity contribution in [1.29, 1.82) is 0 Å². The highest BCUT2D eigenvalue weighted by Gasteiger charge is 2.36. The monoisotopic (exact) mass is 328 g/mol. The summed E-state index contributed by atoms with van der Waals surface area (Å²) in [5.41, 5.74) is 2.38. The molecular weight excluding hydrogens is 308 g/mol. The quantitative estimate of drug-likeness (QED) is 0.809. The summed E-state index contributed by atoms with van der Waals surface area (Å²) < 4.78 is 7.37. The molecule has 1 fully saturated rings. The molecule has 0 aromatic carbocycles. The van der Waals surface area contributed by atoms with Crippen LogP contribution in [0.3, 0.4) is 0 Å². The van der Waals surface area contributed by atoms with E-state index in [0.717, 1.165) is 30.3 Å². The number of nitrogens with zero attached hydrogens (tertiary/aromatic N) is 6. The summed E-state index contributed by atoms with van der Waals surface area (Å²) in [5, 5.41) is 8.69. The third-order valence-electron chi connectivity index (χ3n) is 4.66. The number of amides is 1. The molecular formula is C16H20N6O2. The first kappa shape index (κ1) is 15.2. The lowest BCUT2D eigenvalue weighted by atomic mass is 10.0. The standard InChI is InChI=1S/C16H20N6O2/c1-24-9-14-15-13(22(20-19-15)8-11-2-3-11)5-7-21(14)16(23)12-4-6-17-10-18-12/h4,6,10-11,14H,2-3,5,7-9H2,1H3/t14-/m0/s1. The van der Waals surface area contributed by atoms with Crippen molar-refractivity contribution in [2.45, 2.75) is 31.8 Å². The predicted molar refractivity (Wildman–Crippen MR) is 84.1 cm³/mol. The normalized spacial score (nSPS) is 20.0. The lowest BCUT2D eigenvalue weighted by molar-refractivity contribution is 0.0484. The summed E-state index contributed by atoms with van der Waals surface area (Å²) >= 11 is 0. The summed E-state index contributed by atoms with van der Waals surface area (Å²) in [6.07, 6.45) is 6.27.